The number of carbonyl (C=O) groups excluding carboxylic acids is 2. The van der Waals surface area contributed by atoms with Gasteiger partial charge in [-0.25, -0.2) is 0 Å². The van der Waals surface area contributed by atoms with Crippen LogP contribution in [0.4, 0.5) is 11.4 Å². The molecule has 2 N–H and O–H groups in total. The van der Waals surface area contributed by atoms with Crippen LogP contribution in [0.5, 0.6) is 0 Å². The van der Waals surface area contributed by atoms with Gasteiger partial charge in [-0.2, -0.15) is 0 Å². The Labute approximate surface area is 135 Å². The summed E-state index contributed by atoms with van der Waals surface area (Å²) >= 11 is 0. The summed E-state index contributed by atoms with van der Waals surface area (Å²) in [6.07, 6.45) is 5.54. The molecule has 0 aliphatic carbocycles. The fourth-order valence-electron chi connectivity index (χ4n) is 1.84. The number of nitrogens with one attached hydrogen (secondary N) is 2. The Morgan fingerprint density at radius 2 is 1.74 bits per heavy atom. The number of allylic oxidation sites excluding steroid dienone is 1. The number of carbonyl (C=O) groups is 2. The summed E-state index contributed by atoms with van der Waals surface area (Å²) in [5, 5.41) is 5.56. The third-order valence-electron chi connectivity index (χ3n) is 3.27. The van der Waals surface area contributed by atoms with Gasteiger partial charge in [-0.15, -0.1) is 0 Å². The average Bonchev–Trinajstić information content (AvgIpc) is 2.57. The highest BCUT2D eigenvalue weighted by molar-refractivity contribution is 6.04. The van der Waals surface area contributed by atoms with Crippen molar-refractivity contribution in [3.8, 4) is 0 Å². The lowest BCUT2D eigenvalue weighted by molar-refractivity contribution is -0.112. The average molecular weight is 309 g/mol. The third kappa shape index (κ3) is 5.07. The Hall–Kier alpha value is -2.95. The van der Waals surface area contributed by atoms with Crippen LogP contribution in [-0.2, 0) is 4.79 Å². The Morgan fingerprint density at radius 3 is 2.30 bits per heavy atom. The Morgan fingerprint density at radius 1 is 1.09 bits per heavy atom. The van der Waals surface area contributed by atoms with E-state index in [0.717, 1.165) is 12.0 Å². The van der Waals surface area contributed by atoms with Crippen molar-refractivity contribution in [1.29, 1.82) is 0 Å². The fraction of sp³-hybridized carbons (Fsp3) is 0.167. The second-order valence-electron chi connectivity index (χ2n) is 5.11. The maximum absolute atomic E-state index is 12.0. The normalized spacial score (nSPS) is 11.0. The monoisotopic (exact) mass is 309 g/mol. The maximum atomic E-state index is 12.0. The minimum atomic E-state index is -0.226. The van der Waals surface area contributed by atoms with Crippen molar-refractivity contribution in [3.05, 3.63) is 66.0 Å². The van der Waals surface area contributed by atoms with Gasteiger partial charge in [0.1, 0.15) is 0 Å². The molecule has 0 aliphatic rings. The van der Waals surface area contributed by atoms with Crippen molar-refractivity contribution in [3.63, 3.8) is 0 Å². The molecule has 0 aliphatic heterocycles. The molecule has 5 heteroatoms. The number of benzene rings is 1. The van der Waals surface area contributed by atoms with Gasteiger partial charge in [0.05, 0.1) is 5.56 Å². The molecule has 23 heavy (non-hydrogen) atoms. The summed E-state index contributed by atoms with van der Waals surface area (Å²) in [7, 11) is 0. The van der Waals surface area contributed by atoms with Crippen molar-refractivity contribution in [2.75, 3.05) is 10.6 Å². The fourth-order valence-corrected chi connectivity index (χ4v) is 1.84. The van der Waals surface area contributed by atoms with Gasteiger partial charge in [0.25, 0.3) is 5.91 Å². The molecular weight excluding hydrogens is 290 g/mol. The molecule has 0 saturated heterocycles. The van der Waals surface area contributed by atoms with Crippen LogP contribution in [-0.4, -0.2) is 16.8 Å². The van der Waals surface area contributed by atoms with Crippen LogP contribution in [0.2, 0.25) is 0 Å². The lowest BCUT2D eigenvalue weighted by atomic mass is 10.2. The quantitative estimate of drug-likeness (QED) is 0.829. The van der Waals surface area contributed by atoms with E-state index in [1.165, 1.54) is 6.20 Å². The molecule has 0 spiro atoms. The molecule has 0 radical (unpaired) electrons. The lowest BCUT2D eigenvalue weighted by Crippen LogP contribution is -2.12. The predicted molar refractivity (Wildman–Crippen MR) is 91.3 cm³/mol. The van der Waals surface area contributed by atoms with Crippen LogP contribution in [0.25, 0.3) is 0 Å². The molecule has 0 unspecified atom stereocenters. The predicted octanol–water partition coefficient (Wildman–Crippen LogP) is 3.63. The van der Waals surface area contributed by atoms with Crippen molar-refractivity contribution < 1.29 is 9.59 Å². The minimum Gasteiger partial charge on any atom is -0.323 e. The zero-order valence-corrected chi connectivity index (χ0v) is 13.2. The van der Waals surface area contributed by atoms with Crippen LogP contribution in [0, 0.1) is 0 Å². The van der Waals surface area contributed by atoms with E-state index in [-0.39, 0.29) is 11.8 Å². The molecule has 1 heterocycles. The van der Waals surface area contributed by atoms with Crippen LogP contribution >= 0.6 is 0 Å². The molecule has 0 atom stereocenters. The summed E-state index contributed by atoms with van der Waals surface area (Å²) in [6.45, 7) is 3.91. The summed E-state index contributed by atoms with van der Waals surface area (Å²) < 4.78 is 0. The summed E-state index contributed by atoms with van der Waals surface area (Å²) in [4.78, 5) is 27.7. The van der Waals surface area contributed by atoms with Crippen LogP contribution < -0.4 is 10.6 Å². The number of amides is 2. The highest BCUT2D eigenvalue weighted by Crippen LogP contribution is 2.15. The number of aromatic nitrogens is 1. The smallest absolute Gasteiger partial charge is 0.257 e. The number of hydrogen-bond acceptors (Lipinski definition) is 3. The van der Waals surface area contributed by atoms with Gasteiger partial charge in [-0.3, -0.25) is 14.6 Å². The van der Waals surface area contributed by atoms with Crippen molar-refractivity contribution in [2.45, 2.75) is 20.3 Å². The van der Waals surface area contributed by atoms with Gasteiger partial charge < -0.3 is 10.6 Å². The number of anilines is 2. The molecule has 0 bridgehead atoms. The highest BCUT2D eigenvalue weighted by atomic mass is 16.2. The summed E-state index contributed by atoms with van der Waals surface area (Å²) in [5.74, 6) is -0.382. The first kappa shape index (κ1) is 16.4. The zero-order valence-electron chi connectivity index (χ0n) is 13.2. The third-order valence-corrected chi connectivity index (χ3v) is 3.27. The molecular formula is C18H19N3O2. The molecule has 2 amide bonds. The van der Waals surface area contributed by atoms with E-state index in [1.54, 1.807) is 48.7 Å². The molecule has 118 valence electrons. The highest BCUT2D eigenvalue weighted by Gasteiger charge is 2.06. The van der Waals surface area contributed by atoms with E-state index in [9.17, 15) is 9.59 Å². The van der Waals surface area contributed by atoms with Gasteiger partial charge in [-0.1, -0.05) is 12.5 Å². The summed E-state index contributed by atoms with van der Waals surface area (Å²) in [6, 6.07) is 10.4. The zero-order chi connectivity index (χ0) is 16.7. The van der Waals surface area contributed by atoms with Crippen molar-refractivity contribution >= 4 is 23.2 Å². The van der Waals surface area contributed by atoms with E-state index >= 15 is 0 Å². The standard InChI is InChI=1S/C18H19N3O2/c1-3-13(2)11-17(22)20-15-6-8-16(9-7-15)21-18(23)14-5-4-10-19-12-14/h4-12H,3H2,1-2H3,(H,20,22)(H,21,23)/b13-11+. The second-order valence-corrected chi connectivity index (χ2v) is 5.11. The van der Waals surface area contributed by atoms with Crippen LogP contribution in [0.15, 0.2) is 60.4 Å². The number of hydrogen-bond donors (Lipinski definition) is 2. The Kier molecular flexibility index (Phi) is 5.63. The van der Waals surface area contributed by atoms with Crippen molar-refractivity contribution in [2.24, 2.45) is 0 Å². The van der Waals surface area contributed by atoms with E-state index in [1.807, 2.05) is 13.8 Å². The first-order valence-electron chi connectivity index (χ1n) is 7.38. The van der Waals surface area contributed by atoms with Crippen LogP contribution in [0.3, 0.4) is 0 Å². The molecule has 1 aromatic heterocycles. The molecule has 2 aromatic rings. The molecule has 5 nitrogen and oxygen atoms in total. The SMILES string of the molecule is CC/C(C)=C/C(=O)Nc1ccc(NC(=O)c2cccnc2)cc1. The van der Waals surface area contributed by atoms with E-state index in [2.05, 4.69) is 15.6 Å². The van der Waals surface area contributed by atoms with Crippen LogP contribution in [0.1, 0.15) is 30.6 Å². The molecule has 1 aromatic carbocycles. The van der Waals surface area contributed by atoms with E-state index in [4.69, 9.17) is 0 Å². The topological polar surface area (TPSA) is 71.1 Å². The van der Waals surface area contributed by atoms with Crippen molar-refractivity contribution in [1.82, 2.24) is 4.98 Å². The largest absolute Gasteiger partial charge is 0.323 e. The Bertz CT molecular complexity index is 707. The summed E-state index contributed by atoms with van der Waals surface area (Å²) in [5.41, 5.74) is 2.83. The molecule has 2 rings (SSSR count). The minimum absolute atomic E-state index is 0.156. The second kappa shape index (κ2) is 7.89. The molecule has 0 fully saturated rings. The van der Waals surface area contributed by atoms with E-state index < -0.39 is 0 Å². The number of rotatable bonds is 5. The maximum Gasteiger partial charge on any atom is 0.257 e. The Balaban J connectivity index is 1.97. The van der Waals surface area contributed by atoms with Gasteiger partial charge in [-0.05, 0) is 49.7 Å². The van der Waals surface area contributed by atoms with Gasteiger partial charge in [0.2, 0.25) is 5.91 Å². The van der Waals surface area contributed by atoms with Gasteiger partial charge in [0.15, 0.2) is 0 Å². The lowest BCUT2D eigenvalue weighted by Gasteiger charge is -2.07. The van der Waals surface area contributed by atoms with E-state index in [0.29, 0.717) is 16.9 Å². The first-order chi connectivity index (χ1) is 11.1. The number of pyridine rings is 1. The first-order valence-corrected chi connectivity index (χ1v) is 7.38. The molecule has 0 saturated carbocycles. The van der Waals surface area contributed by atoms with Gasteiger partial charge in [0, 0.05) is 29.8 Å². The van der Waals surface area contributed by atoms with Gasteiger partial charge >= 0.3 is 0 Å². The number of nitrogens with zero attached hydrogens (tertiary/aromatic N) is 1.